The van der Waals surface area contributed by atoms with Crippen LogP contribution in [0.5, 0.6) is 11.6 Å². The summed E-state index contributed by atoms with van der Waals surface area (Å²) in [7, 11) is 3.02. The fourth-order valence-electron chi connectivity index (χ4n) is 5.23. The number of hydrogen-bond donors (Lipinski definition) is 4. The summed E-state index contributed by atoms with van der Waals surface area (Å²) in [5.74, 6) is 0.317. The monoisotopic (exact) mass is 653 g/mol. The van der Waals surface area contributed by atoms with Crippen molar-refractivity contribution in [2.45, 2.75) is 45.1 Å². The van der Waals surface area contributed by atoms with Crippen LogP contribution in [0.1, 0.15) is 30.9 Å². The maximum Gasteiger partial charge on any atom is 0.221 e. The lowest BCUT2D eigenvalue weighted by atomic mass is 9.99. The van der Waals surface area contributed by atoms with Crippen LogP contribution in [0.4, 0.5) is 4.39 Å². The number of aliphatic hydroxyl groups is 1. The molecule has 1 aliphatic rings. The zero-order chi connectivity index (χ0) is 32.1. The van der Waals surface area contributed by atoms with Crippen molar-refractivity contribution in [2.24, 2.45) is 0 Å². The van der Waals surface area contributed by atoms with Crippen LogP contribution in [0.25, 0.3) is 33.6 Å². The van der Waals surface area contributed by atoms with Crippen LogP contribution in [0, 0.1) is 5.82 Å². The number of nitrogens with one attached hydrogen (secondary N) is 3. The first-order valence-electron chi connectivity index (χ1n) is 14.5. The molecule has 12 heteroatoms. The Kier molecular flexibility index (Phi) is 10.5. The Balaban J connectivity index is 1.44. The molecule has 0 saturated carbocycles. The number of amides is 1. The predicted octanol–water partition coefficient (Wildman–Crippen LogP) is 5.74. The molecule has 1 amide bonds. The van der Waals surface area contributed by atoms with E-state index >= 15 is 4.39 Å². The Morgan fingerprint density at radius 2 is 1.84 bits per heavy atom. The number of aromatic nitrogens is 2. The second kappa shape index (κ2) is 14.5. The van der Waals surface area contributed by atoms with E-state index < -0.39 is 11.9 Å². The second-order valence-corrected chi connectivity index (χ2v) is 11.5. The van der Waals surface area contributed by atoms with Crippen LogP contribution < -0.4 is 25.4 Å². The van der Waals surface area contributed by atoms with E-state index in [1.165, 1.54) is 13.2 Å². The Morgan fingerprint density at radius 3 is 2.56 bits per heavy atom. The van der Waals surface area contributed by atoms with Crippen molar-refractivity contribution >= 4 is 29.1 Å². The molecule has 0 radical (unpaired) electrons. The minimum atomic E-state index is -0.568. The van der Waals surface area contributed by atoms with Crippen LogP contribution >= 0.6 is 23.2 Å². The number of nitrogens with zero attached hydrogens (tertiary/aromatic N) is 2. The fourth-order valence-corrected chi connectivity index (χ4v) is 5.88. The van der Waals surface area contributed by atoms with Gasteiger partial charge in [0.2, 0.25) is 11.8 Å². The van der Waals surface area contributed by atoms with E-state index in [1.807, 2.05) is 30.3 Å². The minimum Gasteiger partial charge on any atom is -0.496 e. The molecule has 0 spiro atoms. The number of benzene rings is 2. The summed E-state index contributed by atoms with van der Waals surface area (Å²) in [4.78, 5) is 20.7. The Bertz CT molecular complexity index is 1700. The van der Waals surface area contributed by atoms with Crippen molar-refractivity contribution in [3.8, 4) is 45.3 Å². The third-order valence-electron chi connectivity index (χ3n) is 7.51. The van der Waals surface area contributed by atoms with Gasteiger partial charge in [-0.15, -0.1) is 0 Å². The molecule has 1 fully saturated rings. The standard InChI is InChI=1S/C33H34Cl2FN5O4/c1-18(42)15-37-17-24-25(36)13-20(14-27(24)44-2)32-31(35)22(11-12-38-32)21-5-4-6-23(30(21)34)26-8-7-19(33(40-26)45-3)16-39-28-9-10-29(43)41-28/h4-8,11-14,18,28,37,39,42H,9-10,15-17H2,1-3H3,(H,41,43)/t18?,28-/m0/s1. The van der Waals surface area contributed by atoms with E-state index in [2.05, 4.69) is 20.9 Å². The summed E-state index contributed by atoms with van der Waals surface area (Å²) in [5, 5.41) is 19.5. The first kappa shape index (κ1) is 32.6. The highest BCUT2D eigenvalue weighted by Gasteiger charge is 2.22. The topological polar surface area (TPSA) is 118 Å². The van der Waals surface area contributed by atoms with E-state index in [1.54, 1.807) is 32.4 Å². The number of hydrogen-bond acceptors (Lipinski definition) is 8. The summed E-state index contributed by atoms with van der Waals surface area (Å²) in [6, 6.07) is 14.2. The molecule has 0 bridgehead atoms. The predicted molar refractivity (Wildman–Crippen MR) is 173 cm³/mol. The quantitative estimate of drug-likeness (QED) is 0.153. The fraction of sp³-hybridized carbons (Fsp3) is 0.303. The average molecular weight is 655 g/mol. The zero-order valence-corrected chi connectivity index (χ0v) is 26.6. The van der Waals surface area contributed by atoms with Crippen molar-refractivity contribution in [3.63, 3.8) is 0 Å². The first-order valence-corrected chi connectivity index (χ1v) is 15.2. The molecule has 2 aromatic heterocycles. The SMILES string of the molecule is COc1cc(-c2nccc(-c3cccc(-c4ccc(CN[C@@H]5CCC(=O)N5)c(OC)n4)c3Cl)c2Cl)cc(F)c1CNCC(C)O. The minimum absolute atomic E-state index is 0.0336. The van der Waals surface area contributed by atoms with Crippen molar-refractivity contribution in [3.05, 3.63) is 81.7 Å². The smallest absolute Gasteiger partial charge is 0.221 e. The molecule has 1 saturated heterocycles. The summed E-state index contributed by atoms with van der Waals surface area (Å²) < 4.78 is 26.4. The molecule has 9 nitrogen and oxygen atoms in total. The van der Waals surface area contributed by atoms with Crippen LogP contribution in [0.15, 0.2) is 54.7 Å². The molecule has 5 rings (SSSR count). The number of rotatable bonds is 12. The van der Waals surface area contributed by atoms with Crippen molar-refractivity contribution in [2.75, 3.05) is 20.8 Å². The summed E-state index contributed by atoms with van der Waals surface area (Å²) >= 11 is 13.9. The maximum absolute atomic E-state index is 15.3. The van der Waals surface area contributed by atoms with Gasteiger partial charge in [-0.25, -0.2) is 9.37 Å². The van der Waals surface area contributed by atoms with Crippen LogP contribution in [0.2, 0.25) is 10.0 Å². The van der Waals surface area contributed by atoms with Gasteiger partial charge in [-0.05, 0) is 37.6 Å². The van der Waals surface area contributed by atoms with Gasteiger partial charge >= 0.3 is 0 Å². The molecular formula is C33H34Cl2FN5O4. The van der Waals surface area contributed by atoms with Gasteiger partial charge in [-0.3, -0.25) is 15.1 Å². The summed E-state index contributed by atoms with van der Waals surface area (Å²) in [6.45, 7) is 2.61. The van der Waals surface area contributed by atoms with Gasteiger partial charge in [-0.1, -0.05) is 47.5 Å². The number of carbonyl (C=O) groups is 1. The van der Waals surface area contributed by atoms with Crippen molar-refractivity contribution in [1.82, 2.24) is 25.9 Å². The summed E-state index contributed by atoms with van der Waals surface area (Å²) in [6.07, 6.45) is 2.17. The highest BCUT2D eigenvalue weighted by molar-refractivity contribution is 6.39. The Hall–Kier alpha value is -3.80. The van der Waals surface area contributed by atoms with E-state index in [4.69, 9.17) is 37.7 Å². The zero-order valence-electron chi connectivity index (χ0n) is 25.1. The normalized spacial score (nSPS) is 15.2. The molecule has 4 N–H and O–H groups in total. The van der Waals surface area contributed by atoms with E-state index in [-0.39, 0.29) is 18.6 Å². The van der Waals surface area contributed by atoms with Crippen molar-refractivity contribution in [1.29, 1.82) is 0 Å². The van der Waals surface area contributed by atoms with Gasteiger partial charge in [0, 0.05) is 65.6 Å². The third-order valence-corrected chi connectivity index (χ3v) is 8.30. The van der Waals surface area contributed by atoms with Gasteiger partial charge in [0.05, 0.1) is 47.9 Å². The number of methoxy groups -OCH3 is 2. The Morgan fingerprint density at radius 1 is 1.07 bits per heavy atom. The molecule has 1 aliphatic heterocycles. The molecule has 0 aliphatic carbocycles. The lowest BCUT2D eigenvalue weighted by Gasteiger charge is -2.17. The average Bonchev–Trinajstić information content (AvgIpc) is 3.45. The van der Waals surface area contributed by atoms with E-state index in [9.17, 15) is 9.90 Å². The van der Waals surface area contributed by atoms with E-state index in [0.717, 1.165) is 12.0 Å². The second-order valence-electron chi connectivity index (χ2n) is 10.7. The number of ether oxygens (including phenoxy) is 2. The molecule has 2 atom stereocenters. The molecule has 1 unspecified atom stereocenters. The highest BCUT2D eigenvalue weighted by Crippen LogP contribution is 2.42. The van der Waals surface area contributed by atoms with Gasteiger partial charge in [-0.2, -0.15) is 0 Å². The molecule has 3 heterocycles. The molecular weight excluding hydrogens is 620 g/mol. The lowest BCUT2D eigenvalue weighted by Crippen LogP contribution is -2.38. The largest absolute Gasteiger partial charge is 0.496 e. The van der Waals surface area contributed by atoms with Crippen LogP contribution in [-0.2, 0) is 17.9 Å². The van der Waals surface area contributed by atoms with Gasteiger partial charge in [0.1, 0.15) is 11.6 Å². The molecule has 45 heavy (non-hydrogen) atoms. The number of carbonyl (C=O) groups excluding carboxylic acids is 1. The number of aliphatic hydroxyl groups excluding tert-OH is 1. The number of halogens is 3. The van der Waals surface area contributed by atoms with Crippen molar-refractivity contribution < 1.29 is 23.8 Å². The van der Waals surface area contributed by atoms with Crippen LogP contribution in [0.3, 0.4) is 0 Å². The van der Waals surface area contributed by atoms with Gasteiger partial charge in [0.25, 0.3) is 0 Å². The van der Waals surface area contributed by atoms with Gasteiger partial charge < -0.3 is 25.2 Å². The third kappa shape index (κ3) is 7.37. The molecule has 4 aromatic rings. The van der Waals surface area contributed by atoms with Crippen LogP contribution in [-0.4, -0.2) is 54.0 Å². The van der Waals surface area contributed by atoms with Gasteiger partial charge in [0.15, 0.2) is 0 Å². The molecule has 2 aromatic carbocycles. The highest BCUT2D eigenvalue weighted by atomic mass is 35.5. The number of pyridine rings is 2. The lowest BCUT2D eigenvalue weighted by molar-refractivity contribution is -0.119. The maximum atomic E-state index is 15.3. The Labute approximate surface area is 271 Å². The van der Waals surface area contributed by atoms with E-state index in [0.29, 0.717) is 80.4 Å². The first-order chi connectivity index (χ1) is 21.7. The molecule has 236 valence electrons. The summed E-state index contributed by atoms with van der Waals surface area (Å²) in [5.41, 5.74) is 4.52.